The first kappa shape index (κ1) is 9.88. The quantitative estimate of drug-likeness (QED) is 0.308. The van der Waals surface area contributed by atoms with Gasteiger partial charge in [-0.3, -0.25) is 19.7 Å². The van der Waals surface area contributed by atoms with Crippen molar-refractivity contribution in [2.75, 3.05) is 0 Å². The van der Waals surface area contributed by atoms with Crippen molar-refractivity contribution in [1.82, 2.24) is 15.0 Å². The molecule has 1 rings (SSSR count). The van der Waals surface area contributed by atoms with E-state index in [1.54, 1.807) is 15.0 Å². The summed E-state index contributed by atoms with van der Waals surface area (Å²) in [7, 11) is 0. The lowest BCUT2D eigenvalue weighted by Crippen LogP contribution is -2.34. The molecule has 0 atom stereocenters. The van der Waals surface area contributed by atoms with Gasteiger partial charge in [-0.1, -0.05) is 0 Å². The summed E-state index contributed by atoms with van der Waals surface area (Å²) in [6.07, 6.45) is 0.250. The Morgan fingerprint density at radius 1 is 0.917 bits per heavy atom. The van der Waals surface area contributed by atoms with Crippen LogP contribution in [0.1, 0.15) is 0 Å². The molecular formula is C4H6N4O4. The summed E-state index contributed by atoms with van der Waals surface area (Å²) in [6, 6.07) is 0. The van der Waals surface area contributed by atoms with E-state index in [-0.39, 0.29) is 6.41 Å². The molecule has 0 unspecified atom stereocenters. The first-order chi connectivity index (χ1) is 5.60. The number of hydrogen-bond acceptors (Lipinski definition) is 4. The van der Waals surface area contributed by atoms with E-state index in [9.17, 15) is 14.4 Å². The SMILES string of the molecule is NC=O.O=c1[nH]c(=O)[nH]c(=O)[nH]1. The highest BCUT2D eigenvalue weighted by Gasteiger charge is 1.84. The van der Waals surface area contributed by atoms with Crippen LogP contribution < -0.4 is 22.8 Å². The minimum atomic E-state index is -0.802. The molecule has 0 aromatic carbocycles. The Hall–Kier alpha value is -2.12. The number of primary amides is 1. The molecule has 0 saturated heterocycles. The van der Waals surface area contributed by atoms with E-state index in [0.717, 1.165) is 0 Å². The lowest BCUT2D eigenvalue weighted by Gasteiger charge is -1.77. The van der Waals surface area contributed by atoms with Crippen molar-refractivity contribution in [3.8, 4) is 0 Å². The number of rotatable bonds is 0. The number of hydrogen-bond donors (Lipinski definition) is 4. The molecule has 1 amide bonds. The van der Waals surface area contributed by atoms with E-state index in [1.807, 2.05) is 0 Å². The number of carbonyl (C=O) groups is 1. The Labute approximate surface area is 64.4 Å². The fourth-order valence-corrected chi connectivity index (χ4v) is 0.403. The maximum absolute atomic E-state index is 10.2. The van der Waals surface area contributed by atoms with Crippen LogP contribution in [0.2, 0.25) is 0 Å². The zero-order chi connectivity index (χ0) is 9.56. The smallest absolute Gasteiger partial charge is 0.330 e. The van der Waals surface area contributed by atoms with Crippen molar-refractivity contribution in [3.63, 3.8) is 0 Å². The van der Waals surface area contributed by atoms with Crippen LogP contribution >= 0.6 is 0 Å². The molecule has 1 aromatic rings. The van der Waals surface area contributed by atoms with Gasteiger partial charge in [-0.05, 0) is 0 Å². The lowest BCUT2D eigenvalue weighted by atomic mass is 11.0. The second kappa shape index (κ2) is 4.66. The van der Waals surface area contributed by atoms with Crippen LogP contribution in [-0.2, 0) is 4.79 Å². The summed E-state index contributed by atoms with van der Waals surface area (Å²) in [6.45, 7) is 0. The number of nitrogens with one attached hydrogen (secondary N) is 3. The molecule has 1 aromatic heterocycles. The van der Waals surface area contributed by atoms with Crippen LogP contribution in [0.3, 0.4) is 0 Å². The van der Waals surface area contributed by atoms with Crippen LogP contribution in [-0.4, -0.2) is 21.4 Å². The van der Waals surface area contributed by atoms with Crippen molar-refractivity contribution < 1.29 is 4.79 Å². The molecule has 1 heterocycles. The fourth-order valence-electron chi connectivity index (χ4n) is 0.403. The predicted molar refractivity (Wildman–Crippen MR) is 38.6 cm³/mol. The second-order valence-electron chi connectivity index (χ2n) is 1.50. The van der Waals surface area contributed by atoms with Crippen molar-refractivity contribution in [2.45, 2.75) is 0 Å². The highest BCUT2D eigenvalue weighted by molar-refractivity contribution is 5.42. The molecule has 12 heavy (non-hydrogen) atoms. The molecule has 5 N–H and O–H groups in total. The van der Waals surface area contributed by atoms with Crippen molar-refractivity contribution >= 4 is 6.41 Å². The summed E-state index contributed by atoms with van der Waals surface area (Å²) < 4.78 is 0. The van der Waals surface area contributed by atoms with Gasteiger partial charge in [0, 0.05) is 0 Å². The molecule has 0 radical (unpaired) electrons. The Balaban J connectivity index is 0.000000354. The average Bonchev–Trinajstić information content (AvgIpc) is 1.84. The Morgan fingerprint density at radius 3 is 1.25 bits per heavy atom. The number of aromatic amines is 3. The number of aromatic nitrogens is 3. The molecule has 0 aliphatic rings. The molecule has 0 aliphatic carbocycles. The largest absolute Gasteiger partial charge is 0.372 e. The maximum Gasteiger partial charge on any atom is 0.330 e. The summed E-state index contributed by atoms with van der Waals surface area (Å²) >= 11 is 0. The standard InChI is InChI=1S/C3H3N3O3.CH3NO/c7-1-4-2(8)6-3(9)5-1;2-1-3/h(H3,4,5,6,7,8,9);1H,(H2,2,3). The van der Waals surface area contributed by atoms with Crippen LogP contribution in [0.25, 0.3) is 0 Å². The zero-order valence-corrected chi connectivity index (χ0v) is 5.79. The van der Waals surface area contributed by atoms with E-state index in [1.165, 1.54) is 0 Å². The molecule has 66 valence electrons. The number of amides is 1. The van der Waals surface area contributed by atoms with Gasteiger partial charge in [0.05, 0.1) is 0 Å². The first-order valence-corrected chi connectivity index (χ1v) is 2.68. The van der Waals surface area contributed by atoms with Crippen molar-refractivity contribution in [1.29, 1.82) is 0 Å². The van der Waals surface area contributed by atoms with Gasteiger partial charge in [0.2, 0.25) is 6.41 Å². The molecule has 0 bridgehead atoms. The predicted octanol–water partition coefficient (Wildman–Crippen LogP) is -3.15. The summed E-state index contributed by atoms with van der Waals surface area (Å²) in [5, 5.41) is 0. The fraction of sp³-hybridized carbons (Fsp3) is 0. The highest BCUT2D eigenvalue weighted by atomic mass is 16.2. The normalized spacial score (nSPS) is 8.00. The monoisotopic (exact) mass is 174 g/mol. The van der Waals surface area contributed by atoms with Crippen LogP contribution in [0.15, 0.2) is 14.4 Å². The van der Waals surface area contributed by atoms with Gasteiger partial charge < -0.3 is 5.73 Å². The van der Waals surface area contributed by atoms with E-state index in [2.05, 4.69) is 5.73 Å². The maximum atomic E-state index is 10.2. The van der Waals surface area contributed by atoms with E-state index < -0.39 is 17.1 Å². The highest BCUT2D eigenvalue weighted by Crippen LogP contribution is 1.29. The van der Waals surface area contributed by atoms with E-state index in [0.29, 0.717) is 0 Å². The molecular weight excluding hydrogens is 168 g/mol. The van der Waals surface area contributed by atoms with Gasteiger partial charge in [0.15, 0.2) is 0 Å². The lowest BCUT2D eigenvalue weighted by molar-refractivity contribution is -0.106. The number of nitrogens with two attached hydrogens (primary N) is 1. The Bertz CT molecular complexity index is 320. The second-order valence-corrected chi connectivity index (χ2v) is 1.50. The van der Waals surface area contributed by atoms with Crippen molar-refractivity contribution in [3.05, 3.63) is 31.5 Å². The molecule has 0 aliphatic heterocycles. The van der Waals surface area contributed by atoms with Gasteiger partial charge in [0.25, 0.3) is 0 Å². The van der Waals surface area contributed by atoms with Gasteiger partial charge in [0.1, 0.15) is 0 Å². The molecule has 8 nitrogen and oxygen atoms in total. The van der Waals surface area contributed by atoms with Crippen molar-refractivity contribution in [2.24, 2.45) is 5.73 Å². The topological polar surface area (TPSA) is 142 Å². The Kier molecular flexibility index (Phi) is 3.84. The third kappa shape index (κ3) is 3.82. The van der Waals surface area contributed by atoms with Gasteiger partial charge in [-0.2, -0.15) is 0 Å². The van der Waals surface area contributed by atoms with Crippen LogP contribution in [0.5, 0.6) is 0 Å². The van der Waals surface area contributed by atoms with E-state index in [4.69, 9.17) is 4.79 Å². The summed E-state index contributed by atoms with van der Waals surface area (Å²) in [5.74, 6) is 0. The molecule has 0 spiro atoms. The van der Waals surface area contributed by atoms with Gasteiger partial charge in [-0.25, -0.2) is 14.4 Å². The number of carbonyl (C=O) groups excluding carboxylic acids is 1. The third-order valence-electron chi connectivity index (χ3n) is 0.681. The van der Waals surface area contributed by atoms with Crippen LogP contribution in [0, 0.1) is 0 Å². The average molecular weight is 174 g/mol. The first-order valence-electron chi connectivity index (χ1n) is 2.68. The summed E-state index contributed by atoms with van der Waals surface area (Å²) in [4.78, 5) is 44.5. The molecule has 8 heteroatoms. The molecule has 0 saturated carbocycles. The minimum Gasteiger partial charge on any atom is -0.372 e. The third-order valence-corrected chi connectivity index (χ3v) is 0.681. The Morgan fingerprint density at radius 2 is 1.08 bits per heavy atom. The van der Waals surface area contributed by atoms with Gasteiger partial charge >= 0.3 is 17.1 Å². The molecule has 0 fully saturated rings. The van der Waals surface area contributed by atoms with Gasteiger partial charge in [-0.15, -0.1) is 0 Å². The zero-order valence-electron chi connectivity index (χ0n) is 5.79. The van der Waals surface area contributed by atoms with E-state index >= 15 is 0 Å². The minimum absolute atomic E-state index is 0.250. The summed E-state index contributed by atoms with van der Waals surface area (Å²) in [5.41, 5.74) is 1.76. The number of H-pyrrole nitrogens is 3. The van der Waals surface area contributed by atoms with Crippen LogP contribution in [0.4, 0.5) is 0 Å².